The van der Waals surface area contributed by atoms with Gasteiger partial charge in [-0.25, -0.2) is 0 Å². The maximum atomic E-state index is 10.5. The molecule has 0 aromatic rings. The second-order valence-electron chi connectivity index (χ2n) is 2.55. The predicted octanol–water partition coefficient (Wildman–Crippen LogP) is -2.52. The topological polar surface area (TPSA) is 149 Å². The normalized spacial score (nSPS) is 17.7. The molecule has 14 heavy (non-hydrogen) atoms. The largest absolute Gasteiger partial charge is 0.394 e. The molecule has 2 unspecified atom stereocenters. The van der Waals surface area contributed by atoms with Crippen molar-refractivity contribution in [1.82, 2.24) is 0 Å². The van der Waals surface area contributed by atoms with Gasteiger partial charge in [0.25, 0.3) is 20.2 Å². The van der Waals surface area contributed by atoms with Gasteiger partial charge in [-0.05, 0) is 0 Å². The van der Waals surface area contributed by atoms with Crippen molar-refractivity contribution in [1.29, 1.82) is 0 Å². The molecule has 0 bridgehead atoms. The molecule has 0 amide bonds. The zero-order chi connectivity index (χ0) is 11.6. The number of aliphatic hydroxyl groups is 2. The Hall–Kier alpha value is -0.260. The first-order chi connectivity index (χ1) is 6.08. The minimum atomic E-state index is -4.86. The lowest BCUT2D eigenvalue weighted by atomic mass is 10.3. The molecule has 86 valence electrons. The fourth-order valence-corrected chi connectivity index (χ4v) is 3.04. The molecular formula is C4H10O8S2. The van der Waals surface area contributed by atoms with Gasteiger partial charge in [0.1, 0.15) is 5.25 Å². The Bertz CT molecular complexity index is 366. The third-order valence-corrected chi connectivity index (χ3v) is 3.61. The summed E-state index contributed by atoms with van der Waals surface area (Å²) in [5, 5.41) is 15.1. The van der Waals surface area contributed by atoms with Crippen molar-refractivity contribution in [3.05, 3.63) is 0 Å². The summed E-state index contributed by atoms with van der Waals surface area (Å²) < 4.78 is 58.4. The van der Waals surface area contributed by atoms with Gasteiger partial charge in [0, 0.05) is 0 Å². The highest BCUT2D eigenvalue weighted by atomic mass is 32.2. The van der Waals surface area contributed by atoms with Crippen molar-refractivity contribution in [3.63, 3.8) is 0 Å². The molecule has 0 aromatic heterocycles. The van der Waals surface area contributed by atoms with E-state index in [1.165, 1.54) is 0 Å². The van der Waals surface area contributed by atoms with Gasteiger partial charge in [-0.3, -0.25) is 9.11 Å². The van der Waals surface area contributed by atoms with Gasteiger partial charge in [-0.2, -0.15) is 16.8 Å². The number of hydrogen-bond donors (Lipinski definition) is 4. The molecule has 0 aliphatic heterocycles. The lowest BCUT2D eigenvalue weighted by Gasteiger charge is -2.16. The van der Waals surface area contributed by atoms with Crippen LogP contribution in [0.2, 0.25) is 0 Å². The zero-order valence-corrected chi connectivity index (χ0v) is 8.44. The lowest BCUT2D eigenvalue weighted by Crippen LogP contribution is -2.41. The third-order valence-electron chi connectivity index (χ3n) is 1.37. The van der Waals surface area contributed by atoms with Crippen LogP contribution in [0.4, 0.5) is 0 Å². The van der Waals surface area contributed by atoms with Crippen molar-refractivity contribution >= 4 is 20.2 Å². The number of aliphatic hydroxyl groups excluding tert-OH is 2. The smallest absolute Gasteiger partial charge is 0.271 e. The second-order valence-corrected chi connectivity index (χ2v) is 5.68. The molecule has 0 aromatic carbocycles. The van der Waals surface area contributed by atoms with E-state index in [1.807, 2.05) is 0 Å². The van der Waals surface area contributed by atoms with Gasteiger partial charge in [0.2, 0.25) is 0 Å². The highest BCUT2D eigenvalue weighted by molar-refractivity contribution is 7.90. The molecule has 0 rings (SSSR count). The molecule has 0 radical (unpaired) electrons. The van der Waals surface area contributed by atoms with Crippen LogP contribution in [0.25, 0.3) is 0 Å². The molecule has 0 heterocycles. The molecule has 0 fully saturated rings. The summed E-state index contributed by atoms with van der Waals surface area (Å²) in [7, 11) is -9.53. The summed E-state index contributed by atoms with van der Waals surface area (Å²) >= 11 is 0. The first-order valence-electron chi connectivity index (χ1n) is 3.28. The fraction of sp³-hybridized carbons (Fsp3) is 1.00. The molecule has 0 aliphatic carbocycles. The predicted molar refractivity (Wildman–Crippen MR) is 44.8 cm³/mol. The van der Waals surface area contributed by atoms with Crippen LogP contribution in [0.1, 0.15) is 0 Å². The second kappa shape index (κ2) is 4.51. The van der Waals surface area contributed by atoms with E-state index in [2.05, 4.69) is 0 Å². The average Bonchev–Trinajstić information content (AvgIpc) is 1.95. The zero-order valence-electron chi connectivity index (χ0n) is 6.81. The molecule has 10 heteroatoms. The monoisotopic (exact) mass is 250 g/mol. The summed E-state index contributed by atoms with van der Waals surface area (Å²) in [5.74, 6) is -1.38. The highest BCUT2D eigenvalue weighted by Gasteiger charge is 2.34. The Morgan fingerprint density at radius 3 is 1.71 bits per heavy atom. The first-order valence-corrected chi connectivity index (χ1v) is 6.39. The van der Waals surface area contributed by atoms with Crippen molar-refractivity contribution in [2.24, 2.45) is 0 Å². The lowest BCUT2D eigenvalue weighted by molar-refractivity contribution is 0.0927. The molecule has 0 spiro atoms. The minimum Gasteiger partial charge on any atom is -0.394 e. The summed E-state index contributed by atoms with van der Waals surface area (Å²) in [6.45, 7) is -1.06. The molecule has 8 nitrogen and oxygen atoms in total. The SMILES string of the molecule is O=S(=O)(O)CC(C(O)CO)S(=O)(=O)O. The molecular weight excluding hydrogens is 240 g/mol. The van der Waals surface area contributed by atoms with E-state index in [4.69, 9.17) is 19.3 Å². The van der Waals surface area contributed by atoms with E-state index in [0.717, 1.165) is 0 Å². The van der Waals surface area contributed by atoms with Crippen molar-refractivity contribution in [2.45, 2.75) is 11.4 Å². The quantitative estimate of drug-likeness (QED) is 0.390. The van der Waals surface area contributed by atoms with Gasteiger partial charge in [-0.15, -0.1) is 0 Å². The van der Waals surface area contributed by atoms with Crippen LogP contribution in [0.15, 0.2) is 0 Å². The van der Waals surface area contributed by atoms with Crippen LogP contribution in [0.3, 0.4) is 0 Å². The Labute approximate surface area is 80.7 Å². The average molecular weight is 250 g/mol. The number of rotatable bonds is 5. The Morgan fingerprint density at radius 2 is 1.50 bits per heavy atom. The van der Waals surface area contributed by atoms with Crippen LogP contribution >= 0.6 is 0 Å². The Kier molecular flexibility index (Phi) is 4.42. The van der Waals surface area contributed by atoms with Crippen LogP contribution < -0.4 is 0 Å². The highest BCUT2D eigenvalue weighted by Crippen LogP contribution is 2.07. The summed E-state index contributed by atoms with van der Waals surface area (Å²) in [5.41, 5.74) is 0. The summed E-state index contributed by atoms with van der Waals surface area (Å²) in [6, 6.07) is 0. The standard InChI is InChI=1S/C4H10O8S2/c5-1-3(6)4(14(10,11)12)2-13(7,8)9/h3-6H,1-2H2,(H,7,8,9)(H,10,11,12). The van der Waals surface area contributed by atoms with Gasteiger partial charge < -0.3 is 10.2 Å². The molecule has 4 N–H and O–H groups in total. The van der Waals surface area contributed by atoms with Crippen LogP contribution in [0, 0.1) is 0 Å². The van der Waals surface area contributed by atoms with Gasteiger partial charge in [0.15, 0.2) is 0 Å². The maximum absolute atomic E-state index is 10.5. The van der Waals surface area contributed by atoms with Gasteiger partial charge >= 0.3 is 0 Å². The van der Waals surface area contributed by atoms with Gasteiger partial charge in [0.05, 0.1) is 18.5 Å². The molecule has 0 saturated heterocycles. The van der Waals surface area contributed by atoms with E-state index in [-0.39, 0.29) is 0 Å². The molecule has 0 aliphatic rings. The third kappa shape index (κ3) is 4.83. The van der Waals surface area contributed by atoms with E-state index in [1.54, 1.807) is 0 Å². The Balaban J connectivity index is 4.96. The summed E-state index contributed by atoms with van der Waals surface area (Å²) in [6.07, 6.45) is -1.98. The maximum Gasteiger partial charge on any atom is 0.271 e. The molecule has 0 saturated carbocycles. The van der Waals surface area contributed by atoms with Crippen molar-refractivity contribution < 1.29 is 36.2 Å². The Morgan fingerprint density at radius 1 is 1.07 bits per heavy atom. The van der Waals surface area contributed by atoms with Crippen LogP contribution in [-0.4, -0.2) is 59.9 Å². The van der Waals surface area contributed by atoms with Crippen LogP contribution in [0.5, 0.6) is 0 Å². The first kappa shape index (κ1) is 13.7. The number of hydrogen-bond acceptors (Lipinski definition) is 6. The van der Waals surface area contributed by atoms with Crippen molar-refractivity contribution in [3.8, 4) is 0 Å². The van der Waals surface area contributed by atoms with E-state index >= 15 is 0 Å². The van der Waals surface area contributed by atoms with Crippen molar-refractivity contribution in [2.75, 3.05) is 12.4 Å². The van der Waals surface area contributed by atoms with E-state index in [9.17, 15) is 16.8 Å². The van der Waals surface area contributed by atoms with E-state index < -0.39 is 43.9 Å². The minimum absolute atomic E-state index is 1.06. The summed E-state index contributed by atoms with van der Waals surface area (Å²) in [4.78, 5) is 0. The van der Waals surface area contributed by atoms with Gasteiger partial charge in [-0.1, -0.05) is 0 Å². The molecule has 2 atom stereocenters. The van der Waals surface area contributed by atoms with E-state index in [0.29, 0.717) is 0 Å². The van der Waals surface area contributed by atoms with Crippen LogP contribution in [-0.2, 0) is 20.2 Å². The fourth-order valence-electron chi connectivity index (χ4n) is 0.721.